The molecule has 0 bridgehead atoms. The molecule has 0 radical (unpaired) electrons. The normalized spacial score (nSPS) is 11.4. The number of hydrogen-bond acceptors (Lipinski definition) is 2. The molecular weight excluding hydrogens is 240 g/mol. The van der Waals surface area contributed by atoms with Crippen LogP contribution in [0.4, 0.5) is 0 Å². The van der Waals surface area contributed by atoms with Crippen LogP contribution in [-0.4, -0.2) is 22.2 Å². The van der Waals surface area contributed by atoms with Gasteiger partial charge in [-0.1, -0.05) is 13.8 Å². The molecule has 1 heterocycles. The number of aromatic nitrogens is 1. The Morgan fingerprint density at radius 1 is 1.42 bits per heavy atom. The summed E-state index contributed by atoms with van der Waals surface area (Å²) in [6, 6.07) is 3.73. The zero-order chi connectivity index (χ0) is 14.2. The second kappa shape index (κ2) is 5.05. The molecule has 0 aliphatic rings. The molecule has 3 N–H and O–H groups in total. The first-order chi connectivity index (χ1) is 8.95. The Labute approximate surface area is 112 Å². The fourth-order valence-corrected chi connectivity index (χ4v) is 2.48. The molecule has 0 saturated carbocycles. The summed E-state index contributed by atoms with van der Waals surface area (Å²) in [5.41, 5.74) is 9.04. The second-order valence-corrected chi connectivity index (χ2v) is 5.21. The summed E-state index contributed by atoms with van der Waals surface area (Å²) in [5.74, 6) is -0.522. The number of nitrogens with two attached hydrogens (primary N) is 1. The van der Waals surface area contributed by atoms with Gasteiger partial charge in [0.25, 0.3) is 0 Å². The molecule has 4 heteroatoms. The largest absolute Gasteiger partial charge is 0.478 e. The average Bonchev–Trinajstić information content (AvgIpc) is 2.67. The van der Waals surface area contributed by atoms with Crippen molar-refractivity contribution < 1.29 is 9.90 Å². The van der Waals surface area contributed by atoms with E-state index in [-0.39, 0.29) is 0 Å². The number of aryl methyl sites for hydroxylation is 1. The van der Waals surface area contributed by atoms with Crippen LogP contribution < -0.4 is 5.73 Å². The number of nitrogens with zero attached hydrogens (tertiary/aromatic N) is 1. The lowest BCUT2D eigenvalue weighted by Crippen LogP contribution is -2.09. The zero-order valence-electron chi connectivity index (χ0n) is 11.6. The van der Waals surface area contributed by atoms with E-state index in [9.17, 15) is 9.90 Å². The summed E-state index contributed by atoms with van der Waals surface area (Å²) in [6.07, 6.45) is 2.09. The molecule has 0 spiro atoms. The van der Waals surface area contributed by atoms with Crippen molar-refractivity contribution in [2.24, 2.45) is 5.73 Å². The minimum absolute atomic E-state index is 0.353. The van der Waals surface area contributed by atoms with Gasteiger partial charge in [-0.05, 0) is 36.1 Å². The van der Waals surface area contributed by atoms with Crippen molar-refractivity contribution in [1.29, 1.82) is 0 Å². The third kappa shape index (κ3) is 2.36. The Kier molecular flexibility index (Phi) is 3.62. The molecule has 2 aromatic rings. The molecule has 0 amide bonds. The molecule has 1 aromatic heterocycles. The maximum atomic E-state index is 11.3. The Bertz CT molecular complexity index is 627. The van der Waals surface area contributed by atoms with E-state index in [2.05, 4.69) is 24.6 Å². The summed E-state index contributed by atoms with van der Waals surface area (Å²) in [5, 5.41) is 10.3. The Morgan fingerprint density at radius 3 is 2.63 bits per heavy atom. The highest BCUT2D eigenvalue weighted by Crippen LogP contribution is 2.30. The first kappa shape index (κ1) is 13.6. The summed E-state index contributed by atoms with van der Waals surface area (Å²) in [4.78, 5) is 11.3. The van der Waals surface area contributed by atoms with Crippen molar-refractivity contribution in [1.82, 2.24) is 4.57 Å². The summed E-state index contributed by atoms with van der Waals surface area (Å²) in [7, 11) is 0. The molecular formula is C15H20N2O2. The van der Waals surface area contributed by atoms with Gasteiger partial charge in [0.2, 0.25) is 0 Å². The fraction of sp³-hybridized carbons (Fsp3) is 0.400. The quantitative estimate of drug-likeness (QED) is 0.888. The highest BCUT2D eigenvalue weighted by atomic mass is 16.4. The molecule has 0 fully saturated rings. The Balaban J connectivity index is 2.75. The molecule has 0 atom stereocenters. The topological polar surface area (TPSA) is 68.2 Å². The van der Waals surface area contributed by atoms with E-state index >= 15 is 0 Å². The Morgan fingerprint density at radius 2 is 2.11 bits per heavy atom. The van der Waals surface area contributed by atoms with E-state index in [0.717, 1.165) is 23.0 Å². The second-order valence-electron chi connectivity index (χ2n) is 5.21. The van der Waals surface area contributed by atoms with Crippen LogP contribution in [-0.2, 0) is 6.54 Å². The molecule has 0 unspecified atom stereocenters. The van der Waals surface area contributed by atoms with Gasteiger partial charge in [0.05, 0.1) is 5.56 Å². The zero-order valence-corrected chi connectivity index (χ0v) is 11.6. The minimum Gasteiger partial charge on any atom is -0.478 e. The maximum absolute atomic E-state index is 11.3. The van der Waals surface area contributed by atoms with Crippen LogP contribution in [0.15, 0.2) is 18.3 Å². The number of carboxylic acid groups (broad SMARTS) is 1. The van der Waals surface area contributed by atoms with Crippen LogP contribution in [0.25, 0.3) is 10.9 Å². The van der Waals surface area contributed by atoms with Crippen molar-refractivity contribution in [2.75, 3.05) is 6.54 Å². The lowest BCUT2D eigenvalue weighted by molar-refractivity contribution is 0.0696. The molecule has 0 aliphatic heterocycles. The molecule has 2 rings (SSSR count). The van der Waals surface area contributed by atoms with Crippen LogP contribution in [0, 0.1) is 6.92 Å². The van der Waals surface area contributed by atoms with Gasteiger partial charge in [0, 0.05) is 30.2 Å². The first-order valence-electron chi connectivity index (χ1n) is 6.52. The van der Waals surface area contributed by atoms with Gasteiger partial charge in [-0.2, -0.15) is 0 Å². The highest BCUT2D eigenvalue weighted by molar-refractivity contribution is 5.96. The molecule has 1 aromatic carbocycles. The number of hydrogen-bond donors (Lipinski definition) is 2. The van der Waals surface area contributed by atoms with E-state index in [1.807, 2.05) is 13.0 Å². The van der Waals surface area contributed by atoms with Crippen molar-refractivity contribution >= 4 is 16.9 Å². The van der Waals surface area contributed by atoms with Crippen molar-refractivity contribution in [2.45, 2.75) is 33.2 Å². The highest BCUT2D eigenvalue weighted by Gasteiger charge is 2.15. The standard InChI is InChI=1S/C15H20N2O2/c1-9(2)13-8-17(5-4-16)14-6-10(3)11(15(18)19)7-12(13)14/h6-9H,4-5,16H2,1-3H3,(H,18,19). The molecule has 19 heavy (non-hydrogen) atoms. The third-order valence-corrected chi connectivity index (χ3v) is 3.48. The van der Waals surface area contributed by atoms with Crippen LogP contribution >= 0.6 is 0 Å². The number of carboxylic acids is 1. The lowest BCUT2D eigenvalue weighted by atomic mass is 9.99. The van der Waals surface area contributed by atoms with Gasteiger partial charge < -0.3 is 15.4 Å². The van der Waals surface area contributed by atoms with Crippen LogP contribution in [0.1, 0.15) is 41.3 Å². The van der Waals surface area contributed by atoms with Crippen molar-refractivity contribution in [3.05, 3.63) is 35.0 Å². The maximum Gasteiger partial charge on any atom is 0.335 e. The van der Waals surface area contributed by atoms with Crippen LogP contribution in [0.2, 0.25) is 0 Å². The van der Waals surface area contributed by atoms with Gasteiger partial charge in [0.1, 0.15) is 0 Å². The third-order valence-electron chi connectivity index (χ3n) is 3.48. The summed E-state index contributed by atoms with van der Waals surface area (Å²) in [6.45, 7) is 7.37. The monoisotopic (exact) mass is 260 g/mol. The van der Waals surface area contributed by atoms with Gasteiger partial charge in [-0.15, -0.1) is 0 Å². The summed E-state index contributed by atoms with van der Waals surface area (Å²) < 4.78 is 2.11. The predicted octanol–water partition coefficient (Wildman–Crippen LogP) is 2.73. The molecule has 4 nitrogen and oxygen atoms in total. The van der Waals surface area contributed by atoms with E-state index in [0.29, 0.717) is 18.0 Å². The number of carbonyl (C=O) groups is 1. The van der Waals surface area contributed by atoms with E-state index in [1.54, 1.807) is 6.07 Å². The van der Waals surface area contributed by atoms with E-state index < -0.39 is 5.97 Å². The number of fused-ring (bicyclic) bond motifs is 1. The molecule has 0 saturated heterocycles. The number of aromatic carboxylic acids is 1. The van der Waals surface area contributed by atoms with Crippen molar-refractivity contribution in [3.8, 4) is 0 Å². The minimum atomic E-state index is -0.874. The number of benzene rings is 1. The lowest BCUT2D eigenvalue weighted by Gasteiger charge is -2.06. The molecule has 102 valence electrons. The summed E-state index contributed by atoms with van der Waals surface area (Å²) >= 11 is 0. The first-order valence-corrected chi connectivity index (χ1v) is 6.52. The van der Waals surface area contributed by atoms with Crippen molar-refractivity contribution in [3.63, 3.8) is 0 Å². The van der Waals surface area contributed by atoms with Crippen LogP contribution in [0.5, 0.6) is 0 Å². The van der Waals surface area contributed by atoms with E-state index in [1.165, 1.54) is 5.56 Å². The predicted molar refractivity (Wildman–Crippen MR) is 76.8 cm³/mol. The van der Waals surface area contributed by atoms with E-state index in [4.69, 9.17) is 5.73 Å². The van der Waals surface area contributed by atoms with Gasteiger partial charge in [-0.3, -0.25) is 0 Å². The van der Waals surface area contributed by atoms with Gasteiger partial charge >= 0.3 is 5.97 Å². The van der Waals surface area contributed by atoms with Crippen LogP contribution in [0.3, 0.4) is 0 Å². The Hall–Kier alpha value is -1.81. The van der Waals surface area contributed by atoms with Gasteiger partial charge in [-0.25, -0.2) is 4.79 Å². The number of rotatable bonds is 4. The average molecular weight is 260 g/mol. The molecule has 0 aliphatic carbocycles. The van der Waals surface area contributed by atoms with Gasteiger partial charge in [0.15, 0.2) is 0 Å². The SMILES string of the molecule is Cc1cc2c(cc1C(=O)O)c(C(C)C)cn2CCN. The smallest absolute Gasteiger partial charge is 0.335 e. The fourth-order valence-electron chi connectivity index (χ4n) is 2.48.